The lowest BCUT2D eigenvalue weighted by Crippen LogP contribution is -2.58. The maximum atomic E-state index is 5.87. The van der Waals surface area contributed by atoms with Gasteiger partial charge in [-0.2, -0.15) is 0 Å². The van der Waals surface area contributed by atoms with E-state index in [-0.39, 0.29) is 5.54 Å². The molecule has 0 aliphatic carbocycles. The van der Waals surface area contributed by atoms with Crippen molar-refractivity contribution < 1.29 is 4.74 Å². The van der Waals surface area contributed by atoms with Crippen LogP contribution in [0.5, 0.6) is 5.75 Å². The van der Waals surface area contributed by atoms with E-state index in [1.54, 1.807) is 0 Å². The second-order valence-corrected chi connectivity index (χ2v) is 5.59. The van der Waals surface area contributed by atoms with Crippen molar-refractivity contribution in [3.63, 3.8) is 0 Å². The zero-order chi connectivity index (χ0) is 13.0. The summed E-state index contributed by atoms with van der Waals surface area (Å²) in [6.45, 7) is 11.6. The molecular weight excluding hydrogens is 224 g/mol. The second kappa shape index (κ2) is 5.72. The van der Waals surface area contributed by atoms with Gasteiger partial charge in [0.1, 0.15) is 12.4 Å². The van der Waals surface area contributed by atoms with Crippen molar-refractivity contribution in [1.82, 2.24) is 10.2 Å². The largest absolute Gasteiger partial charge is 0.492 e. The highest BCUT2D eigenvalue weighted by Crippen LogP contribution is 2.18. The van der Waals surface area contributed by atoms with Crippen LogP contribution in [-0.2, 0) is 0 Å². The number of aryl methyl sites for hydroxylation is 1. The molecule has 0 atom stereocenters. The highest BCUT2D eigenvalue weighted by molar-refractivity contribution is 5.31. The molecule has 1 N–H and O–H groups in total. The van der Waals surface area contributed by atoms with E-state index < -0.39 is 0 Å². The summed E-state index contributed by atoms with van der Waals surface area (Å²) >= 11 is 0. The zero-order valence-electron chi connectivity index (χ0n) is 11.7. The monoisotopic (exact) mass is 248 g/mol. The van der Waals surface area contributed by atoms with Crippen LogP contribution in [0.3, 0.4) is 0 Å². The minimum Gasteiger partial charge on any atom is -0.492 e. The van der Waals surface area contributed by atoms with Crippen molar-refractivity contribution in [2.75, 3.05) is 32.8 Å². The highest BCUT2D eigenvalue weighted by Gasteiger charge is 2.28. The number of piperazine rings is 1. The highest BCUT2D eigenvalue weighted by atomic mass is 16.5. The van der Waals surface area contributed by atoms with Crippen LogP contribution < -0.4 is 10.1 Å². The van der Waals surface area contributed by atoms with Crippen LogP contribution in [0.4, 0.5) is 0 Å². The Balaban J connectivity index is 1.83. The molecule has 1 aliphatic rings. The van der Waals surface area contributed by atoms with E-state index in [0.717, 1.165) is 38.5 Å². The standard InChI is InChI=1S/C15H24N2O/c1-13-6-4-5-7-14(13)18-11-10-17-9-8-16-12-15(17,2)3/h4-7,16H,8-12H2,1-3H3. The molecule has 0 radical (unpaired) electrons. The molecule has 1 aromatic carbocycles. The Bertz CT molecular complexity index is 390. The Morgan fingerprint density at radius 1 is 1.33 bits per heavy atom. The summed E-state index contributed by atoms with van der Waals surface area (Å²) in [5.74, 6) is 1.01. The number of hydrogen-bond acceptors (Lipinski definition) is 3. The first-order valence-corrected chi connectivity index (χ1v) is 6.74. The first-order valence-electron chi connectivity index (χ1n) is 6.74. The van der Waals surface area contributed by atoms with Crippen LogP contribution in [0.25, 0.3) is 0 Å². The topological polar surface area (TPSA) is 24.5 Å². The van der Waals surface area contributed by atoms with Crippen LogP contribution in [0.2, 0.25) is 0 Å². The van der Waals surface area contributed by atoms with E-state index in [0.29, 0.717) is 0 Å². The van der Waals surface area contributed by atoms with E-state index in [1.165, 1.54) is 5.56 Å². The molecule has 1 heterocycles. The van der Waals surface area contributed by atoms with E-state index >= 15 is 0 Å². The number of nitrogens with one attached hydrogen (secondary N) is 1. The van der Waals surface area contributed by atoms with Crippen LogP contribution in [-0.4, -0.2) is 43.2 Å². The first-order chi connectivity index (χ1) is 8.59. The van der Waals surface area contributed by atoms with Crippen LogP contribution in [0.15, 0.2) is 24.3 Å². The molecule has 1 fully saturated rings. The lowest BCUT2D eigenvalue weighted by Gasteiger charge is -2.42. The van der Waals surface area contributed by atoms with Gasteiger partial charge in [0.2, 0.25) is 0 Å². The quantitative estimate of drug-likeness (QED) is 0.882. The lowest BCUT2D eigenvalue weighted by atomic mass is 10.0. The number of rotatable bonds is 4. The van der Waals surface area contributed by atoms with Gasteiger partial charge in [0.25, 0.3) is 0 Å². The first kappa shape index (κ1) is 13.4. The van der Waals surface area contributed by atoms with Gasteiger partial charge in [-0.25, -0.2) is 0 Å². The fourth-order valence-corrected chi connectivity index (χ4v) is 2.42. The maximum absolute atomic E-state index is 5.87. The second-order valence-electron chi connectivity index (χ2n) is 5.59. The van der Waals surface area contributed by atoms with Gasteiger partial charge in [0.05, 0.1) is 0 Å². The number of para-hydroxylation sites is 1. The van der Waals surface area contributed by atoms with E-state index in [2.05, 4.69) is 37.1 Å². The average Bonchev–Trinajstić information content (AvgIpc) is 2.33. The predicted molar refractivity (Wildman–Crippen MR) is 75.2 cm³/mol. The number of nitrogens with zero attached hydrogens (tertiary/aromatic N) is 1. The third-order valence-corrected chi connectivity index (χ3v) is 3.68. The van der Waals surface area contributed by atoms with Crippen molar-refractivity contribution in [1.29, 1.82) is 0 Å². The summed E-state index contributed by atoms with van der Waals surface area (Å²) in [7, 11) is 0. The van der Waals surface area contributed by atoms with E-state index in [9.17, 15) is 0 Å². The Morgan fingerprint density at radius 3 is 2.83 bits per heavy atom. The molecule has 0 spiro atoms. The van der Waals surface area contributed by atoms with E-state index in [4.69, 9.17) is 4.74 Å². The van der Waals surface area contributed by atoms with Gasteiger partial charge in [-0.05, 0) is 32.4 Å². The zero-order valence-corrected chi connectivity index (χ0v) is 11.7. The van der Waals surface area contributed by atoms with Gasteiger partial charge in [0, 0.05) is 31.7 Å². The minimum absolute atomic E-state index is 0.230. The molecule has 1 aliphatic heterocycles. The molecule has 0 saturated carbocycles. The van der Waals surface area contributed by atoms with Gasteiger partial charge < -0.3 is 10.1 Å². The van der Waals surface area contributed by atoms with Crippen LogP contribution in [0.1, 0.15) is 19.4 Å². The minimum atomic E-state index is 0.230. The van der Waals surface area contributed by atoms with Crippen molar-refractivity contribution in [3.05, 3.63) is 29.8 Å². The van der Waals surface area contributed by atoms with Gasteiger partial charge >= 0.3 is 0 Å². The molecular formula is C15H24N2O. The predicted octanol–water partition coefficient (Wildman–Crippen LogP) is 2.06. The normalized spacial score (nSPS) is 19.7. The molecule has 0 amide bonds. The molecule has 3 nitrogen and oxygen atoms in total. The van der Waals surface area contributed by atoms with Crippen molar-refractivity contribution in [2.24, 2.45) is 0 Å². The van der Waals surface area contributed by atoms with Crippen LogP contribution in [0, 0.1) is 6.92 Å². The third kappa shape index (κ3) is 3.24. The smallest absolute Gasteiger partial charge is 0.122 e. The fraction of sp³-hybridized carbons (Fsp3) is 0.600. The molecule has 100 valence electrons. The summed E-state index contributed by atoms with van der Waals surface area (Å²) in [5, 5.41) is 3.44. The molecule has 3 heteroatoms. The Kier molecular flexibility index (Phi) is 4.25. The lowest BCUT2D eigenvalue weighted by molar-refractivity contribution is 0.0742. The molecule has 1 saturated heterocycles. The van der Waals surface area contributed by atoms with Gasteiger partial charge in [0.15, 0.2) is 0 Å². The summed E-state index contributed by atoms with van der Waals surface area (Å²) < 4.78 is 5.87. The van der Waals surface area contributed by atoms with Gasteiger partial charge in [-0.15, -0.1) is 0 Å². The van der Waals surface area contributed by atoms with Crippen molar-refractivity contribution >= 4 is 0 Å². The van der Waals surface area contributed by atoms with Crippen LogP contribution >= 0.6 is 0 Å². The SMILES string of the molecule is Cc1ccccc1OCCN1CCNCC1(C)C. The summed E-state index contributed by atoms with van der Waals surface area (Å²) in [4.78, 5) is 2.50. The molecule has 0 bridgehead atoms. The Morgan fingerprint density at radius 2 is 2.11 bits per heavy atom. The summed E-state index contributed by atoms with van der Waals surface area (Å²) in [6, 6.07) is 8.20. The maximum Gasteiger partial charge on any atom is 0.122 e. The van der Waals surface area contributed by atoms with Gasteiger partial charge in [-0.1, -0.05) is 18.2 Å². The molecule has 18 heavy (non-hydrogen) atoms. The molecule has 0 unspecified atom stereocenters. The summed E-state index contributed by atoms with van der Waals surface area (Å²) in [5.41, 5.74) is 1.44. The molecule has 2 rings (SSSR count). The average molecular weight is 248 g/mol. The molecule has 1 aromatic rings. The number of hydrogen-bond donors (Lipinski definition) is 1. The third-order valence-electron chi connectivity index (χ3n) is 3.68. The van der Waals surface area contributed by atoms with E-state index in [1.807, 2.05) is 18.2 Å². The Labute approximate surface area is 110 Å². The number of ether oxygens (including phenoxy) is 1. The van der Waals surface area contributed by atoms with Crippen molar-refractivity contribution in [3.8, 4) is 5.75 Å². The molecule has 0 aromatic heterocycles. The number of benzene rings is 1. The summed E-state index contributed by atoms with van der Waals surface area (Å²) in [6.07, 6.45) is 0. The van der Waals surface area contributed by atoms with Gasteiger partial charge in [-0.3, -0.25) is 4.90 Å². The fourth-order valence-electron chi connectivity index (χ4n) is 2.42. The Hall–Kier alpha value is -1.06. The van der Waals surface area contributed by atoms with Crippen molar-refractivity contribution in [2.45, 2.75) is 26.3 Å².